The molecule has 2 aromatic heterocycles. The maximum absolute atomic E-state index is 12.9. The molecule has 136 valence electrons. The highest BCUT2D eigenvalue weighted by Crippen LogP contribution is 2.27. The van der Waals surface area contributed by atoms with E-state index in [0.29, 0.717) is 31.5 Å². The third-order valence-corrected chi connectivity index (χ3v) is 4.48. The molecule has 2 atom stereocenters. The Kier molecular flexibility index (Phi) is 5.17. The van der Waals surface area contributed by atoms with Gasteiger partial charge in [0.1, 0.15) is 6.04 Å². The van der Waals surface area contributed by atoms with Crippen LogP contribution in [0.1, 0.15) is 80.0 Å². The predicted molar refractivity (Wildman–Crippen MR) is 88.2 cm³/mol. The van der Waals surface area contributed by atoms with Crippen LogP contribution in [0.2, 0.25) is 0 Å². The van der Waals surface area contributed by atoms with Crippen LogP contribution in [-0.4, -0.2) is 45.9 Å². The first-order chi connectivity index (χ1) is 12.0. The van der Waals surface area contributed by atoms with Gasteiger partial charge in [-0.15, -0.1) is 10.2 Å². The summed E-state index contributed by atoms with van der Waals surface area (Å²) < 4.78 is 16.5. The predicted octanol–water partition coefficient (Wildman–Crippen LogP) is 2.91. The van der Waals surface area contributed by atoms with Crippen molar-refractivity contribution in [2.75, 3.05) is 19.8 Å². The fourth-order valence-electron chi connectivity index (χ4n) is 2.64. The molecule has 8 heteroatoms. The number of rotatable bonds is 5. The molecule has 0 radical (unpaired) electrons. The number of hydrogen-bond acceptors (Lipinski definition) is 7. The van der Waals surface area contributed by atoms with Crippen LogP contribution >= 0.6 is 0 Å². The summed E-state index contributed by atoms with van der Waals surface area (Å²) in [6.45, 7) is 9.28. The number of ether oxygens (including phenoxy) is 1. The molecule has 0 bridgehead atoms. The number of nitrogens with zero attached hydrogens (tertiary/aromatic N) is 4. The Balaban J connectivity index is 1.82. The molecule has 1 aliphatic heterocycles. The lowest BCUT2D eigenvalue weighted by Crippen LogP contribution is -2.43. The molecule has 1 fully saturated rings. The maximum Gasteiger partial charge on any atom is 0.293 e. The number of morpholine rings is 1. The molecule has 2 unspecified atom stereocenters. The summed E-state index contributed by atoms with van der Waals surface area (Å²) in [5.41, 5.74) is 0.788. The van der Waals surface area contributed by atoms with Crippen LogP contribution in [0.4, 0.5) is 0 Å². The van der Waals surface area contributed by atoms with Gasteiger partial charge in [-0.2, -0.15) is 0 Å². The maximum atomic E-state index is 12.9. The molecule has 3 heterocycles. The van der Waals surface area contributed by atoms with Gasteiger partial charge in [-0.1, -0.05) is 32.9 Å². The van der Waals surface area contributed by atoms with E-state index in [1.807, 2.05) is 13.8 Å². The standard InChI is InChI=1S/C17H24N4O4/c1-5-11(4)12-8-14(25-20-12)17(22)21-6-7-23-9-13(21)16-19-18-15(24-16)10(2)3/h8,10-11,13H,5-7,9H2,1-4H3. The van der Waals surface area contributed by atoms with E-state index in [9.17, 15) is 4.79 Å². The van der Waals surface area contributed by atoms with Crippen LogP contribution in [0.15, 0.2) is 15.0 Å². The average Bonchev–Trinajstić information content (AvgIpc) is 3.30. The van der Waals surface area contributed by atoms with E-state index in [-0.39, 0.29) is 23.5 Å². The fraction of sp³-hybridized carbons (Fsp3) is 0.647. The molecule has 1 aliphatic rings. The molecule has 0 aromatic carbocycles. The molecular formula is C17H24N4O4. The lowest BCUT2D eigenvalue weighted by atomic mass is 10.1. The first-order valence-corrected chi connectivity index (χ1v) is 8.69. The number of amides is 1. The van der Waals surface area contributed by atoms with Crippen molar-refractivity contribution >= 4 is 5.91 Å². The minimum atomic E-state index is -0.418. The zero-order valence-corrected chi connectivity index (χ0v) is 15.1. The molecule has 3 rings (SSSR count). The van der Waals surface area contributed by atoms with Gasteiger partial charge in [0, 0.05) is 24.4 Å². The lowest BCUT2D eigenvalue weighted by molar-refractivity contribution is -0.0125. The normalized spacial score (nSPS) is 19.4. The highest BCUT2D eigenvalue weighted by molar-refractivity contribution is 5.91. The van der Waals surface area contributed by atoms with E-state index >= 15 is 0 Å². The van der Waals surface area contributed by atoms with E-state index < -0.39 is 6.04 Å². The van der Waals surface area contributed by atoms with Gasteiger partial charge in [0.15, 0.2) is 0 Å². The zero-order valence-electron chi connectivity index (χ0n) is 15.1. The van der Waals surface area contributed by atoms with Crippen molar-refractivity contribution < 1.29 is 18.5 Å². The molecule has 2 aromatic rings. The third-order valence-electron chi connectivity index (χ3n) is 4.48. The van der Waals surface area contributed by atoms with Crippen molar-refractivity contribution in [3.05, 3.63) is 29.3 Å². The van der Waals surface area contributed by atoms with E-state index in [1.54, 1.807) is 11.0 Å². The Labute approximate surface area is 146 Å². The summed E-state index contributed by atoms with van der Waals surface area (Å²) in [5.74, 6) is 1.30. The first kappa shape index (κ1) is 17.6. The van der Waals surface area contributed by atoms with Gasteiger partial charge in [0.25, 0.3) is 5.91 Å². The van der Waals surface area contributed by atoms with Crippen molar-refractivity contribution in [3.8, 4) is 0 Å². The molecule has 8 nitrogen and oxygen atoms in total. The summed E-state index contributed by atoms with van der Waals surface area (Å²) in [6, 6.07) is 1.30. The Morgan fingerprint density at radius 1 is 1.36 bits per heavy atom. The van der Waals surface area contributed by atoms with E-state index in [1.165, 1.54) is 0 Å². The van der Waals surface area contributed by atoms with Gasteiger partial charge in [-0.05, 0) is 6.42 Å². The molecule has 0 N–H and O–H groups in total. The fourth-order valence-corrected chi connectivity index (χ4v) is 2.64. The second kappa shape index (κ2) is 7.35. The van der Waals surface area contributed by atoms with Gasteiger partial charge in [0.2, 0.25) is 17.5 Å². The average molecular weight is 348 g/mol. The number of carbonyl (C=O) groups is 1. The Bertz CT molecular complexity index is 724. The molecule has 0 spiro atoms. The smallest absolute Gasteiger partial charge is 0.293 e. The topological polar surface area (TPSA) is 94.5 Å². The van der Waals surface area contributed by atoms with Crippen LogP contribution in [0.3, 0.4) is 0 Å². The van der Waals surface area contributed by atoms with Crippen molar-refractivity contribution in [2.24, 2.45) is 0 Å². The van der Waals surface area contributed by atoms with Gasteiger partial charge < -0.3 is 18.6 Å². The van der Waals surface area contributed by atoms with E-state index in [0.717, 1.165) is 12.1 Å². The SMILES string of the molecule is CCC(C)c1cc(C(=O)N2CCOCC2c2nnc(C(C)C)o2)on1. The van der Waals surface area contributed by atoms with Crippen LogP contribution in [0.5, 0.6) is 0 Å². The second-order valence-electron chi connectivity index (χ2n) is 6.65. The Morgan fingerprint density at radius 3 is 2.84 bits per heavy atom. The minimum Gasteiger partial charge on any atom is -0.423 e. The Hall–Kier alpha value is -2.22. The lowest BCUT2D eigenvalue weighted by Gasteiger charge is -2.32. The highest BCUT2D eigenvalue weighted by atomic mass is 16.5. The number of carbonyl (C=O) groups excluding carboxylic acids is 1. The summed E-state index contributed by atoms with van der Waals surface area (Å²) in [5, 5.41) is 12.2. The molecule has 0 saturated carbocycles. The quantitative estimate of drug-likeness (QED) is 0.820. The highest BCUT2D eigenvalue weighted by Gasteiger charge is 2.35. The van der Waals surface area contributed by atoms with Crippen molar-refractivity contribution in [1.82, 2.24) is 20.3 Å². The molecule has 0 aliphatic carbocycles. The molecule has 1 saturated heterocycles. The van der Waals surface area contributed by atoms with Gasteiger partial charge >= 0.3 is 0 Å². The van der Waals surface area contributed by atoms with E-state index in [2.05, 4.69) is 29.2 Å². The zero-order chi connectivity index (χ0) is 18.0. The molecule has 25 heavy (non-hydrogen) atoms. The van der Waals surface area contributed by atoms with Gasteiger partial charge in [-0.25, -0.2) is 0 Å². The summed E-state index contributed by atoms with van der Waals surface area (Å²) in [7, 11) is 0. The van der Waals surface area contributed by atoms with Crippen molar-refractivity contribution in [3.63, 3.8) is 0 Å². The van der Waals surface area contributed by atoms with Crippen molar-refractivity contribution in [2.45, 2.75) is 52.0 Å². The van der Waals surface area contributed by atoms with Crippen LogP contribution in [0, 0.1) is 0 Å². The molecular weight excluding hydrogens is 324 g/mol. The van der Waals surface area contributed by atoms with Crippen LogP contribution in [-0.2, 0) is 4.74 Å². The third kappa shape index (κ3) is 3.58. The van der Waals surface area contributed by atoms with Gasteiger partial charge in [0.05, 0.1) is 18.9 Å². The van der Waals surface area contributed by atoms with Gasteiger partial charge in [-0.3, -0.25) is 4.79 Å². The number of aromatic nitrogens is 3. The minimum absolute atomic E-state index is 0.127. The summed E-state index contributed by atoms with van der Waals surface area (Å²) >= 11 is 0. The Morgan fingerprint density at radius 2 is 2.16 bits per heavy atom. The molecule has 1 amide bonds. The number of hydrogen-bond donors (Lipinski definition) is 0. The summed E-state index contributed by atoms with van der Waals surface area (Å²) in [6.07, 6.45) is 0.931. The van der Waals surface area contributed by atoms with Crippen LogP contribution < -0.4 is 0 Å². The summed E-state index contributed by atoms with van der Waals surface area (Å²) in [4.78, 5) is 14.5. The second-order valence-corrected chi connectivity index (χ2v) is 6.65. The first-order valence-electron chi connectivity index (χ1n) is 8.69. The monoisotopic (exact) mass is 348 g/mol. The van der Waals surface area contributed by atoms with E-state index in [4.69, 9.17) is 13.7 Å². The largest absolute Gasteiger partial charge is 0.423 e. The van der Waals surface area contributed by atoms with Crippen molar-refractivity contribution in [1.29, 1.82) is 0 Å². The van der Waals surface area contributed by atoms with Crippen LogP contribution in [0.25, 0.3) is 0 Å².